The number of nitrogens with one attached hydrogen (secondary N) is 2. The Morgan fingerprint density at radius 2 is 1.94 bits per heavy atom. The standard InChI is InChI=1S/C23H20N4O3S/c1-27(12-19-24-17-8-9-31-20(17)22(29)26-19)23(30)16-10-14-4-2-3-5-15(14)11-18(16)25-21(28)13-6-7-13/h2-5,8-11,13H,6-7,12H2,1H3,(H,25,28)(H,24,26,29). The van der Waals surface area contributed by atoms with Crippen molar-refractivity contribution in [2.75, 3.05) is 12.4 Å². The van der Waals surface area contributed by atoms with Crippen molar-refractivity contribution >= 4 is 49.8 Å². The van der Waals surface area contributed by atoms with E-state index in [1.165, 1.54) is 16.2 Å². The van der Waals surface area contributed by atoms with E-state index in [9.17, 15) is 14.4 Å². The number of amides is 2. The molecule has 5 rings (SSSR count). The summed E-state index contributed by atoms with van der Waals surface area (Å²) in [6.07, 6.45) is 1.76. The Labute approximate surface area is 181 Å². The van der Waals surface area contributed by atoms with Gasteiger partial charge in [0.25, 0.3) is 11.5 Å². The molecule has 0 saturated heterocycles. The lowest BCUT2D eigenvalue weighted by atomic mass is 10.0. The van der Waals surface area contributed by atoms with Crippen LogP contribution in [0.15, 0.2) is 52.6 Å². The maximum atomic E-state index is 13.3. The minimum atomic E-state index is -0.259. The lowest BCUT2D eigenvalue weighted by molar-refractivity contribution is -0.117. The number of thiophene rings is 1. The summed E-state index contributed by atoms with van der Waals surface area (Å²) in [5.74, 6) is 0.126. The maximum absolute atomic E-state index is 13.3. The second-order valence-corrected chi connectivity index (χ2v) is 8.73. The number of nitrogens with zero attached hydrogens (tertiary/aromatic N) is 2. The zero-order chi connectivity index (χ0) is 21.5. The van der Waals surface area contributed by atoms with Gasteiger partial charge in [0, 0.05) is 13.0 Å². The van der Waals surface area contributed by atoms with E-state index in [0.717, 1.165) is 23.6 Å². The number of anilines is 1. The molecule has 1 saturated carbocycles. The summed E-state index contributed by atoms with van der Waals surface area (Å²) in [7, 11) is 1.65. The van der Waals surface area contributed by atoms with Gasteiger partial charge >= 0.3 is 0 Å². The highest BCUT2D eigenvalue weighted by molar-refractivity contribution is 7.17. The number of hydrogen-bond donors (Lipinski definition) is 2. The van der Waals surface area contributed by atoms with Crippen LogP contribution in [0.3, 0.4) is 0 Å². The Kier molecular flexibility index (Phi) is 4.78. The molecule has 1 aliphatic rings. The number of benzene rings is 2. The van der Waals surface area contributed by atoms with Gasteiger partial charge in [-0.15, -0.1) is 11.3 Å². The van der Waals surface area contributed by atoms with Gasteiger partial charge in [0.1, 0.15) is 10.5 Å². The Bertz CT molecular complexity index is 1390. The smallest absolute Gasteiger partial charge is 0.268 e. The first kappa shape index (κ1) is 19.4. The molecule has 0 bridgehead atoms. The number of carbonyl (C=O) groups is 2. The Morgan fingerprint density at radius 1 is 1.19 bits per heavy atom. The van der Waals surface area contributed by atoms with E-state index < -0.39 is 0 Å². The van der Waals surface area contributed by atoms with Crippen LogP contribution in [-0.4, -0.2) is 33.7 Å². The highest BCUT2D eigenvalue weighted by atomic mass is 32.1. The lowest BCUT2D eigenvalue weighted by Gasteiger charge is -2.19. The summed E-state index contributed by atoms with van der Waals surface area (Å²) in [5, 5.41) is 6.61. The van der Waals surface area contributed by atoms with Crippen molar-refractivity contribution in [1.29, 1.82) is 0 Å². The molecule has 156 valence electrons. The van der Waals surface area contributed by atoms with Gasteiger partial charge in [0.2, 0.25) is 5.91 Å². The lowest BCUT2D eigenvalue weighted by Crippen LogP contribution is -2.29. The van der Waals surface area contributed by atoms with Gasteiger partial charge in [-0.05, 0) is 47.2 Å². The fraction of sp³-hybridized carbons (Fsp3) is 0.217. The largest absolute Gasteiger partial charge is 0.334 e. The Hall–Kier alpha value is -3.52. The summed E-state index contributed by atoms with van der Waals surface area (Å²) in [6.45, 7) is 0.142. The summed E-state index contributed by atoms with van der Waals surface area (Å²) in [4.78, 5) is 46.7. The van der Waals surface area contributed by atoms with Gasteiger partial charge in [-0.25, -0.2) is 4.98 Å². The van der Waals surface area contributed by atoms with Crippen molar-refractivity contribution in [1.82, 2.24) is 14.9 Å². The monoisotopic (exact) mass is 432 g/mol. The van der Waals surface area contributed by atoms with Crippen molar-refractivity contribution in [2.24, 2.45) is 5.92 Å². The number of H-pyrrole nitrogens is 1. The molecule has 2 amide bonds. The molecule has 0 unspecified atom stereocenters. The summed E-state index contributed by atoms with van der Waals surface area (Å²) in [6, 6.07) is 13.1. The number of rotatable bonds is 5. The molecule has 1 aliphatic carbocycles. The molecule has 2 aromatic carbocycles. The molecule has 2 N–H and O–H groups in total. The van der Waals surface area contributed by atoms with Crippen LogP contribution in [0.1, 0.15) is 29.0 Å². The number of aromatic amines is 1. The minimum Gasteiger partial charge on any atom is -0.334 e. The minimum absolute atomic E-state index is 0.0266. The average Bonchev–Trinajstić information content (AvgIpc) is 3.50. The first-order valence-electron chi connectivity index (χ1n) is 10.0. The van der Waals surface area contributed by atoms with Crippen LogP contribution in [-0.2, 0) is 11.3 Å². The molecule has 0 spiro atoms. The predicted octanol–water partition coefficient (Wildman–Crippen LogP) is 3.76. The average molecular weight is 433 g/mol. The second-order valence-electron chi connectivity index (χ2n) is 7.82. The number of aromatic nitrogens is 2. The molecule has 7 nitrogen and oxygen atoms in total. The summed E-state index contributed by atoms with van der Waals surface area (Å²) in [5.41, 5.74) is 1.32. The maximum Gasteiger partial charge on any atom is 0.268 e. The molecule has 2 heterocycles. The fourth-order valence-corrected chi connectivity index (χ4v) is 4.33. The van der Waals surface area contributed by atoms with Crippen LogP contribution in [0.2, 0.25) is 0 Å². The SMILES string of the molecule is CN(Cc1nc2ccsc2c(=O)[nH]1)C(=O)c1cc2ccccc2cc1NC(=O)C1CC1. The number of carbonyl (C=O) groups excluding carboxylic acids is 2. The number of hydrogen-bond acceptors (Lipinski definition) is 5. The van der Waals surface area contributed by atoms with Crippen molar-refractivity contribution in [3.8, 4) is 0 Å². The van der Waals surface area contributed by atoms with E-state index in [0.29, 0.717) is 27.3 Å². The van der Waals surface area contributed by atoms with Gasteiger partial charge in [0.15, 0.2) is 0 Å². The highest BCUT2D eigenvalue weighted by Gasteiger charge is 2.30. The zero-order valence-electron chi connectivity index (χ0n) is 16.8. The highest BCUT2D eigenvalue weighted by Crippen LogP contribution is 2.32. The molecular formula is C23H20N4O3S. The molecule has 1 fully saturated rings. The van der Waals surface area contributed by atoms with Gasteiger partial charge in [-0.1, -0.05) is 24.3 Å². The van der Waals surface area contributed by atoms with Crippen molar-refractivity contribution in [3.63, 3.8) is 0 Å². The van der Waals surface area contributed by atoms with Gasteiger partial charge in [-0.2, -0.15) is 0 Å². The zero-order valence-corrected chi connectivity index (χ0v) is 17.7. The molecular weight excluding hydrogens is 412 g/mol. The summed E-state index contributed by atoms with van der Waals surface area (Å²) < 4.78 is 0.567. The quantitative estimate of drug-likeness (QED) is 0.502. The van der Waals surface area contributed by atoms with Gasteiger partial charge in [-0.3, -0.25) is 14.4 Å². The second kappa shape index (κ2) is 7.63. The van der Waals surface area contributed by atoms with Crippen LogP contribution in [0, 0.1) is 5.92 Å². The van der Waals surface area contributed by atoms with Crippen LogP contribution < -0.4 is 10.9 Å². The van der Waals surface area contributed by atoms with E-state index in [4.69, 9.17) is 0 Å². The molecule has 4 aromatic rings. The van der Waals surface area contributed by atoms with E-state index in [2.05, 4.69) is 15.3 Å². The van der Waals surface area contributed by atoms with E-state index in [1.54, 1.807) is 19.2 Å². The third-order valence-corrected chi connectivity index (χ3v) is 6.32. The fourth-order valence-electron chi connectivity index (χ4n) is 3.60. The predicted molar refractivity (Wildman–Crippen MR) is 121 cm³/mol. The number of fused-ring (bicyclic) bond motifs is 2. The third kappa shape index (κ3) is 3.82. The molecule has 2 aromatic heterocycles. The van der Waals surface area contributed by atoms with Crippen LogP contribution in [0.4, 0.5) is 5.69 Å². The van der Waals surface area contributed by atoms with E-state index >= 15 is 0 Å². The summed E-state index contributed by atoms with van der Waals surface area (Å²) >= 11 is 1.33. The molecule has 0 radical (unpaired) electrons. The van der Waals surface area contributed by atoms with Crippen LogP contribution >= 0.6 is 11.3 Å². The van der Waals surface area contributed by atoms with Gasteiger partial charge < -0.3 is 15.2 Å². The Morgan fingerprint density at radius 3 is 2.68 bits per heavy atom. The Balaban J connectivity index is 1.47. The van der Waals surface area contributed by atoms with E-state index in [1.807, 2.05) is 35.7 Å². The third-order valence-electron chi connectivity index (χ3n) is 5.42. The van der Waals surface area contributed by atoms with Crippen molar-refractivity contribution < 1.29 is 9.59 Å². The molecule has 0 aliphatic heterocycles. The topological polar surface area (TPSA) is 95.2 Å². The van der Waals surface area contributed by atoms with Crippen LogP contribution in [0.25, 0.3) is 21.0 Å². The van der Waals surface area contributed by atoms with Crippen LogP contribution in [0.5, 0.6) is 0 Å². The van der Waals surface area contributed by atoms with Crippen molar-refractivity contribution in [3.05, 3.63) is 69.6 Å². The first-order valence-corrected chi connectivity index (χ1v) is 10.9. The van der Waals surface area contributed by atoms with Gasteiger partial charge in [0.05, 0.1) is 23.3 Å². The van der Waals surface area contributed by atoms with Crippen molar-refractivity contribution in [2.45, 2.75) is 19.4 Å². The molecule has 31 heavy (non-hydrogen) atoms. The first-order chi connectivity index (χ1) is 15.0. The molecule has 0 atom stereocenters. The molecule has 8 heteroatoms. The van der Waals surface area contributed by atoms with E-state index in [-0.39, 0.29) is 29.8 Å². The normalized spacial score (nSPS) is 13.5.